The van der Waals surface area contributed by atoms with Gasteiger partial charge in [-0.25, -0.2) is 15.0 Å². The lowest BCUT2D eigenvalue weighted by Gasteiger charge is -2.26. The van der Waals surface area contributed by atoms with Crippen LogP contribution < -0.4 is 11.1 Å². The highest BCUT2D eigenvalue weighted by atomic mass is 16.5. The summed E-state index contributed by atoms with van der Waals surface area (Å²) in [5, 5.41) is 22.2. The lowest BCUT2D eigenvalue weighted by Crippen LogP contribution is -2.46. The van der Waals surface area contributed by atoms with Gasteiger partial charge in [0, 0.05) is 19.4 Å². The third kappa shape index (κ3) is 7.38. The van der Waals surface area contributed by atoms with Crippen molar-refractivity contribution >= 4 is 28.9 Å². The average Bonchev–Trinajstić information content (AvgIpc) is 3.60. The molecule has 2 aromatic heterocycles. The van der Waals surface area contributed by atoms with Crippen LogP contribution in [0.1, 0.15) is 57.7 Å². The Labute approximate surface area is 215 Å². The van der Waals surface area contributed by atoms with E-state index in [2.05, 4.69) is 32.1 Å². The summed E-state index contributed by atoms with van der Waals surface area (Å²) < 4.78 is 12.3. The normalized spacial score (nSPS) is 21.1. The van der Waals surface area contributed by atoms with Crippen LogP contribution in [0.5, 0.6) is 0 Å². The summed E-state index contributed by atoms with van der Waals surface area (Å²) in [4.78, 5) is 36.4. The summed E-state index contributed by atoms with van der Waals surface area (Å²) in [6.07, 6.45) is 5.41. The fourth-order valence-corrected chi connectivity index (χ4v) is 4.36. The molecule has 2 heterocycles. The first kappa shape index (κ1) is 26.8. The van der Waals surface area contributed by atoms with Crippen LogP contribution in [0.25, 0.3) is 11.2 Å². The quantitative estimate of drug-likeness (QED) is 0.258. The second-order valence-corrected chi connectivity index (χ2v) is 9.76. The molecule has 0 spiro atoms. The molecule has 37 heavy (non-hydrogen) atoms. The van der Waals surface area contributed by atoms with Crippen LogP contribution in [-0.4, -0.2) is 73.1 Å². The van der Waals surface area contributed by atoms with Gasteiger partial charge in [0.05, 0.1) is 19.5 Å². The van der Waals surface area contributed by atoms with Crippen LogP contribution in [0.4, 0.5) is 5.82 Å². The Balaban J connectivity index is 1.37. The van der Waals surface area contributed by atoms with E-state index in [1.807, 2.05) is 0 Å². The van der Waals surface area contributed by atoms with Crippen molar-refractivity contribution < 1.29 is 29.3 Å². The number of aromatic nitrogens is 4. The van der Waals surface area contributed by atoms with Gasteiger partial charge in [-0.05, 0) is 56.3 Å². The monoisotopic (exact) mass is 514 g/mol. The zero-order chi connectivity index (χ0) is 26.4. The molecule has 2 atom stereocenters. The number of anilines is 1. The zero-order valence-corrected chi connectivity index (χ0v) is 20.9. The summed E-state index contributed by atoms with van der Waals surface area (Å²) in [6.45, 7) is 1.16. The molecule has 2 unspecified atom stereocenters. The van der Waals surface area contributed by atoms with Crippen molar-refractivity contribution in [2.75, 3.05) is 18.9 Å². The van der Waals surface area contributed by atoms with Crippen LogP contribution in [0.2, 0.25) is 0 Å². The molecule has 0 saturated heterocycles. The van der Waals surface area contributed by atoms with E-state index >= 15 is 0 Å². The third-order valence-electron chi connectivity index (χ3n) is 6.68. The number of carbonyl (C=O) groups is 2. The summed E-state index contributed by atoms with van der Waals surface area (Å²) in [6, 6.07) is 0.0861. The highest BCUT2D eigenvalue weighted by molar-refractivity contribution is 5.82. The minimum atomic E-state index is -1.37. The first-order valence-electron chi connectivity index (χ1n) is 12.7. The number of fused-ring (bicyclic) bond motifs is 1. The topological polar surface area (TPSA) is 175 Å². The molecular formula is C25H34N6O6. The number of carbonyl (C=O) groups excluding carboxylic acids is 2. The Bertz CT molecular complexity index is 1160. The Morgan fingerprint density at radius 2 is 1.95 bits per heavy atom. The molecule has 0 aliphatic heterocycles. The number of rotatable bonds is 10. The number of ether oxygens (including phenoxy) is 2. The molecule has 0 aromatic carbocycles. The van der Waals surface area contributed by atoms with Gasteiger partial charge in [0.25, 0.3) is 5.91 Å². The van der Waals surface area contributed by atoms with Gasteiger partial charge >= 0.3 is 5.97 Å². The molecule has 0 bridgehead atoms. The molecule has 5 N–H and O–H groups in total. The SMILES string of the molecule is CC(=O)OCC1CCC(CC#Cc2nc(N)c3ncn(COC(C(=O)NC4CC4)C(O)CO)c3n2)CC1. The Morgan fingerprint density at radius 3 is 2.62 bits per heavy atom. The maximum atomic E-state index is 12.4. The maximum Gasteiger partial charge on any atom is 0.302 e. The van der Waals surface area contributed by atoms with E-state index in [1.165, 1.54) is 13.3 Å². The molecule has 1 amide bonds. The van der Waals surface area contributed by atoms with Crippen molar-refractivity contribution in [3.05, 3.63) is 12.2 Å². The molecule has 12 nitrogen and oxygen atoms in total. The first-order valence-corrected chi connectivity index (χ1v) is 12.7. The summed E-state index contributed by atoms with van der Waals surface area (Å²) in [7, 11) is 0. The summed E-state index contributed by atoms with van der Waals surface area (Å²) in [5.41, 5.74) is 6.85. The van der Waals surface area contributed by atoms with Gasteiger partial charge in [-0.2, -0.15) is 0 Å². The molecule has 2 fully saturated rings. The average molecular weight is 515 g/mol. The number of amides is 1. The van der Waals surface area contributed by atoms with Crippen LogP contribution in [-0.2, 0) is 25.8 Å². The highest BCUT2D eigenvalue weighted by Crippen LogP contribution is 2.30. The van der Waals surface area contributed by atoms with Crippen molar-refractivity contribution in [2.24, 2.45) is 11.8 Å². The van der Waals surface area contributed by atoms with E-state index in [9.17, 15) is 19.8 Å². The number of aliphatic hydroxyl groups is 2. The summed E-state index contributed by atoms with van der Waals surface area (Å²) >= 11 is 0. The predicted octanol–water partition coefficient (Wildman–Crippen LogP) is 0.494. The molecule has 12 heteroatoms. The van der Waals surface area contributed by atoms with Gasteiger partial charge in [0.2, 0.25) is 5.82 Å². The Hall–Kier alpha value is -3.27. The Morgan fingerprint density at radius 1 is 1.22 bits per heavy atom. The maximum absolute atomic E-state index is 12.4. The molecular weight excluding hydrogens is 480 g/mol. The number of hydrogen-bond donors (Lipinski definition) is 4. The lowest BCUT2D eigenvalue weighted by atomic mass is 9.81. The molecule has 200 valence electrons. The molecule has 0 radical (unpaired) electrons. The molecule has 2 saturated carbocycles. The fraction of sp³-hybridized carbons (Fsp3) is 0.640. The molecule has 2 aliphatic rings. The highest BCUT2D eigenvalue weighted by Gasteiger charge is 2.32. The van der Waals surface area contributed by atoms with Gasteiger partial charge in [0.15, 0.2) is 17.6 Å². The van der Waals surface area contributed by atoms with Crippen molar-refractivity contribution in [3.63, 3.8) is 0 Å². The Kier molecular flexibility index (Phi) is 8.91. The van der Waals surface area contributed by atoms with E-state index in [4.69, 9.17) is 15.2 Å². The minimum Gasteiger partial charge on any atom is -0.466 e. The number of imidazole rings is 1. The van der Waals surface area contributed by atoms with E-state index in [0.29, 0.717) is 36.0 Å². The largest absolute Gasteiger partial charge is 0.466 e. The smallest absolute Gasteiger partial charge is 0.302 e. The van der Waals surface area contributed by atoms with Crippen LogP contribution >= 0.6 is 0 Å². The lowest BCUT2D eigenvalue weighted by molar-refractivity contribution is -0.147. The van der Waals surface area contributed by atoms with Crippen LogP contribution in [0.3, 0.4) is 0 Å². The van der Waals surface area contributed by atoms with E-state index in [0.717, 1.165) is 38.5 Å². The fourth-order valence-electron chi connectivity index (χ4n) is 4.36. The number of aliphatic hydroxyl groups excluding tert-OH is 2. The number of nitrogens with two attached hydrogens (primary N) is 1. The van der Waals surface area contributed by atoms with E-state index in [1.54, 1.807) is 4.57 Å². The van der Waals surface area contributed by atoms with Crippen molar-refractivity contribution in [1.82, 2.24) is 24.8 Å². The molecule has 4 rings (SSSR count). The number of nitrogens with zero attached hydrogens (tertiary/aromatic N) is 4. The number of nitrogens with one attached hydrogen (secondary N) is 1. The predicted molar refractivity (Wildman–Crippen MR) is 132 cm³/mol. The van der Waals surface area contributed by atoms with Gasteiger partial charge in [0.1, 0.15) is 18.4 Å². The second-order valence-electron chi connectivity index (χ2n) is 9.76. The van der Waals surface area contributed by atoms with Crippen LogP contribution in [0, 0.1) is 23.7 Å². The number of esters is 1. The third-order valence-corrected chi connectivity index (χ3v) is 6.68. The van der Waals surface area contributed by atoms with Crippen molar-refractivity contribution in [3.8, 4) is 11.8 Å². The molecule has 2 aromatic rings. The van der Waals surface area contributed by atoms with E-state index < -0.39 is 24.7 Å². The minimum absolute atomic E-state index is 0.0861. The second kappa shape index (κ2) is 12.3. The molecule has 2 aliphatic carbocycles. The van der Waals surface area contributed by atoms with Gasteiger partial charge in [-0.1, -0.05) is 5.92 Å². The van der Waals surface area contributed by atoms with Gasteiger partial charge in [-0.15, -0.1) is 0 Å². The van der Waals surface area contributed by atoms with Gasteiger partial charge < -0.3 is 30.7 Å². The van der Waals surface area contributed by atoms with Crippen molar-refractivity contribution in [2.45, 2.75) is 76.9 Å². The first-order chi connectivity index (χ1) is 17.8. The standard InChI is InChI=1S/C25H34N6O6/c1-15(33)36-12-17-7-5-16(6-8-17)3-2-4-20-29-23(26)21-24(30-20)31(13-27-21)14-37-22(19(34)11-32)25(35)28-18-9-10-18/h13,16-19,22,32,34H,3,5-12,14H2,1H3,(H,28,35)(H2,26,29,30). The van der Waals surface area contributed by atoms with Gasteiger partial charge in [-0.3, -0.25) is 14.2 Å². The zero-order valence-electron chi connectivity index (χ0n) is 20.9. The summed E-state index contributed by atoms with van der Waals surface area (Å²) in [5.74, 6) is 6.76. The number of hydrogen-bond acceptors (Lipinski definition) is 10. The van der Waals surface area contributed by atoms with E-state index in [-0.39, 0.29) is 30.4 Å². The number of nitrogen functional groups attached to an aromatic ring is 1. The van der Waals surface area contributed by atoms with Crippen molar-refractivity contribution in [1.29, 1.82) is 0 Å². The van der Waals surface area contributed by atoms with Crippen LogP contribution in [0.15, 0.2) is 6.33 Å².